The van der Waals surface area contributed by atoms with Gasteiger partial charge < -0.3 is 9.64 Å². The zero-order valence-corrected chi connectivity index (χ0v) is 8.76. The second-order valence-corrected chi connectivity index (χ2v) is 3.01. The minimum atomic E-state index is -0.316. The van der Waals surface area contributed by atoms with Crippen LogP contribution in [0.5, 0.6) is 0 Å². The molecule has 0 amide bonds. The van der Waals surface area contributed by atoms with Gasteiger partial charge in [-0.2, -0.15) is 0 Å². The molecular formula is C10H17NO2. The second-order valence-electron chi connectivity index (χ2n) is 3.01. The molecule has 0 aromatic heterocycles. The fraction of sp³-hybridized carbons (Fsp3) is 0.500. The van der Waals surface area contributed by atoms with Crippen LogP contribution in [-0.4, -0.2) is 31.6 Å². The predicted molar refractivity (Wildman–Crippen MR) is 53.2 cm³/mol. The van der Waals surface area contributed by atoms with Gasteiger partial charge in [0.05, 0.1) is 12.2 Å². The summed E-state index contributed by atoms with van der Waals surface area (Å²) in [6, 6.07) is 0. The van der Waals surface area contributed by atoms with Crippen molar-refractivity contribution in [2.45, 2.75) is 13.8 Å². The highest BCUT2D eigenvalue weighted by molar-refractivity contribution is 5.92. The number of carbonyl (C=O) groups excluding carboxylic acids is 1. The fourth-order valence-electron chi connectivity index (χ4n) is 0.804. The van der Waals surface area contributed by atoms with Crippen molar-refractivity contribution < 1.29 is 9.53 Å². The Hall–Kier alpha value is -1.25. The molecule has 3 nitrogen and oxygen atoms in total. The molecule has 0 aliphatic carbocycles. The van der Waals surface area contributed by atoms with Gasteiger partial charge in [0.25, 0.3) is 0 Å². The number of rotatable bonds is 4. The van der Waals surface area contributed by atoms with Crippen molar-refractivity contribution >= 4 is 5.97 Å². The third-order valence-corrected chi connectivity index (χ3v) is 1.34. The first-order valence-electron chi connectivity index (χ1n) is 4.20. The van der Waals surface area contributed by atoms with E-state index in [1.54, 1.807) is 24.9 Å². The highest BCUT2D eigenvalue weighted by Gasteiger charge is 2.10. The Morgan fingerprint density at radius 2 is 2.08 bits per heavy atom. The Kier molecular flexibility index (Phi) is 4.89. The normalized spacial score (nSPS) is 10.9. The van der Waals surface area contributed by atoms with Crippen LogP contribution in [0.2, 0.25) is 0 Å². The molecule has 0 radical (unpaired) electrons. The lowest BCUT2D eigenvalue weighted by molar-refractivity contribution is -0.138. The van der Waals surface area contributed by atoms with E-state index in [9.17, 15) is 4.79 Å². The molecule has 0 aromatic rings. The molecule has 74 valence electrons. The molecule has 13 heavy (non-hydrogen) atoms. The van der Waals surface area contributed by atoms with Crippen LogP contribution >= 0.6 is 0 Å². The number of ether oxygens (including phenoxy) is 1. The van der Waals surface area contributed by atoms with Gasteiger partial charge in [0.2, 0.25) is 0 Å². The van der Waals surface area contributed by atoms with E-state index < -0.39 is 0 Å². The van der Waals surface area contributed by atoms with Gasteiger partial charge in [-0.3, -0.25) is 0 Å². The van der Waals surface area contributed by atoms with E-state index in [1.165, 1.54) is 0 Å². The quantitative estimate of drug-likeness (QED) is 0.376. The van der Waals surface area contributed by atoms with Crippen LogP contribution in [0.4, 0.5) is 0 Å². The number of nitrogens with zero attached hydrogens (tertiary/aromatic N) is 1. The van der Waals surface area contributed by atoms with Crippen molar-refractivity contribution in [2.75, 3.05) is 20.7 Å². The third kappa shape index (κ3) is 4.35. The summed E-state index contributed by atoms with van der Waals surface area (Å²) in [5.41, 5.74) is 1.24. The van der Waals surface area contributed by atoms with Crippen LogP contribution in [0.3, 0.4) is 0 Å². The van der Waals surface area contributed by atoms with Gasteiger partial charge in [0.15, 0.2) is 0 Å². The maximum Gasteiger partial charge on any atom is 0.339 e. The largest absolute Gasteiger partial charge is 0.462 e. The van der Waals surface area contributed by atoms with E-state index in [2.05, 4.69) is 6.58 Å². The molecule has 0 aliphatic rings. The van der Waals surface area contributed by atoms with Crippen molar-refractivity contribution in [3.05, 3.63) is 23.9 Å². The van der Waals surface area contributed by atoms with Gasteiger partial charge in [-0.1, -0.05) is 6.58 Å². The van der Waals surface area contributed by atoms with Crippen LogP contribution in [-0.2, 0) is 9.53 Å². The van der Waals surface area contributed by atoms with Crippen molar-refractivity contribution in [3.8, 4) is 0 Å². The van der Waals surface area contributed by atoms with Crippen molar-refractivity contribution in [3.63, 3.8) is 0 Å². The number of hydrogen-bond donors (Lipinski definition) is 0. The lowest BCUT2D eigenvalue weighted by Crippen LogP contribution is -2.12. The summed E-state index contributed by atoms with van der Waals surface area (Å²) in [5, 5.41) is 0. The monoisotopic (exact) mass is 183 g/mol. The minimum Gasteiger partial charge on any atom is -0.462 e. The molecule has 0 bridgehead atoms. The zero-order chi connectivity index (χ0) is 10.4. The molecule has 0 atom stereocenters. The Bertz CT molecular complexity index is 229. The summed E-state index contributed by atoms with van der Waals surface area (Å²) >= 11 is 0. The molecule has 0 fully saturated rings. The molecule has 0 saturated heterocycles. The smallest absolute Gasteiger partial charge is 0.339 e. The maximum atomic E-state index is 11.3. The summed E-state index contributed by atoms with van der Waals surface area (Å²) < 4.78 is 4.87. The van der Waals surface area contributed by atoms with Crippen LogP contribution in [0.1, 0.15) is 13.8 Å². The molecule has 0 rings (SSSR count). The van der Waals surface area contributed by atoms with Crippen molar-refractivity contribution in [2.24, 2.45) is 0 Å². The first kappa shape index (κ1) is 11.8. The van der Waals surface area contributed by atoms with E-state index in [-0.39, 0.29) is 5.97 Å². The Balaban J connectivity index is 4.61. The van der Waals surface area contributed by atoms with Gasteiger partial charge in [-0.25, -0.2) is 4.79 Å². The van der Waals surface area contributed by atoms with Crippen molar-refractivity contribution in [1.29, 1.82) is 0 Å². The molecule has 0 spiro atoms. The minimum absolute atomic E-state index is 0.316. The SMILES string of the molecule is C=C(C)/C(=C\N(C)C)C(=O)OCC. The number of esters is 1. The first-order valence-corrected chi connectivity index (χ1v) is 4.20. The highest BCUT2D eigenvalue weighted by Crippen LogP contribution is 2.09. The van der Waals surface area contributed by atoms with Gasteiger partial charge in [0, 0.05) is 20.3 Å². The second kappa shape index (κ2) is 5.41. The topological polar surface area (TPSA) is 29.5 Å². The maximum absolute atomic E-state index is 11.3. The third-order valence-electron chi connectivity index (χ3n) is 1.34. The Morgan fingerprint density at radius 3 is 2.38 bits per heavy atom. The van der Waals surface area contributed by atoms with Gasteiger partial charge >= 0.3 is 5.97 Å². The number of hydrogen-bond acceptors (Lipinski definition) is 3. The Morgan fingerprint density at radius 1 is 1.54 bits per heavy atom. The van der Waals surface area contributed by atoms with E-state index in [1.807, 2.05) is 14.1 Å². The van der Waals surface area contributed by atoms with Crippen LogP contribution in [0, 0.1) is 0 Å². The van der Waals surface area contributed by atoms with E-state index in [0.29, 0.717) is 17.8 Å². The Labute approximate surface area is 79.7 Å². The summed E-state index contributed by atoms with van der Waals surface area (Å²) in [5.74, 6) is -0.316. The molecule has 0 aromatic carbocycles. The fourth-order valence-corrected chi connectivity index (χ4v) is 0.804. The number of carbonyl (C=O) groups is 1. The van der Waals surface area contributed by atoms with Gasteiger partial charge in [-0.15, -0.1) is 0 Å². The molecule has 0 N–H and O–H groups in total. The summed E-state index contributed by atoms with van der Waals surface area (Å²) in [6.45, 7) is 7.67. The lowest BCUT2D eigenvalue weighted by atomic mass is 10.1. The van der Waals surface area contributed by atoms with Crippen molar-refractivity contribution in [1.82, 2.24) is 4.90 Å². The molecule has 0 aliphatic heterocycles. The van der Waals surface area contributed by atoms with Gasteiger partial charge in [-0.05, 0) is 19.4 Å². The predicted octanol–water partition coefficient (Wildman–Crippen LogP) is 1.57. The lowest BCUT2D eigenvalue weighted by Gasteiger charge is -2.10. The van der Waals surface area contributed by atoms with Crippen LogP contribution in [0.25, 0.3) is 0 Å². The summed E-state index contributed by atoms with van der Waals surface area (Å²) in [7, 11) is 3.70. The molecule has 0 saturated carbocycles. The van der Waals surface area contributed by atoms with Crippen LogP contribution < -0.4 is 0 Å². The zero-order valence-electron chi connectivity index (χ0n) is 8.76. The van der Waals surface area contributed by atoms with E-state index in [0.717, 1.165) is 0 Å². The molecule has 0 heterocycles. The molecule has 0 unspecified atom stereocenters. The van der Waals surface area contributed by atoms with E-state index in [4.69, 9.17) is 4.74 Å². The van der Waals surface area contributed by atoms with E-state index >= 15 is 0 Å². The average molecular weight is 183 g/mol. The highest BCUT2D eigenvalue weighted by atomic mass is 16.5. The standard InChI is InChI=1S/C10H17NO2/c1-6-13-10(12)9(8(2)3)7-11(4)5/h7H,2,6H2,1,3-5H3/b9-7+. The first-order chi connectivity index (χ1) is 5.99. The molecule has 3 heteroatoms. The van der Waals surface area contributed by atoms with Gasteiger partial charge in [0.1, 0.15) is 0 Å². The molecular weight excluding hydrogens is 166 g/mol. The average Bonchev–Trinajstić information content (AvgIpc) is 1.99. The summed E-state index contributed by atoms with van der Waals surface area (Å²) in [6.07, 6.45) is 1.71. The van der Waals surface area contributed by atoms with Crippen LogP contribution in [0.15, 0.2) is 23.9 Å². The summed E-state index contributed by atoms with van der Waals surface area (Å²) in [4.78, 5) is 13.1.